The molecule has 0 aromatic rings. The molecule has 0 aromatic heterocycles. The molecule has 17 heavy (non-hydrogen) atoms. The Morgan fingerprint density at radius 2 is 1.94 bits per heavy atom. The first-order valence-electron chi connectivity index (χ1n) is 5.78. The van der Waals surface area contributed by atoms with Crippen molar-refractivity contribution in [2.45, 2.75) is 18.9 Å². The fourth-order valence-corrected chi connectivity index (χ4v) is 3.01. The Morgan fingerprint density at radius 1 is 1.35 bits per heavy atom. The van der Waals surface area contributed by atoms with E-state index in [9.17, 15) is 14.7 Å². The monoisotopic (exact) mass is 243 g/mol. The Hall–Kier alpha value is -1.30. The summed E-state index contributed by atoms with van der Waals surface area (Å²) < 4.78 is 9.88. The number of carboxylic acid groups (broad SMARTS) is 1. The SMILES string of the molecule is COC(=O)NC(C(=O)O)C1C2CCC1COC2. The zero-order chi connectivity index (χ0) is 12.4. The van der Waals surface area contributed by atoms with Gasteiger partial charge in [0.25, 0.3) is 0 Å². The number of carboxylic acids is 1. The molecule has 0 spiro atoms. The van der Waals surface area contributed by atoms with Crippen molar-refractivity contribution in [3.8, 4) is 0 Å². The standard InChI is InChI=1S/C11H17NO5/c1-16-11(15)12-9(10(13)14)8-6-2-3-7(8)5-17-4-6/h6-9H,2-5H2,1H3,(H,12,15)(H,13,14). The second-order valence-corrected chi connectivity index (χ2v) is 4.66. The quantitative estimate of drug-likeness (QED) is 0.752. The predicted molar refractivity (Wildman–Crippen MR) is 57.5 cm³/mol. The van der Waals surface area contributed by atoms with E-state index in [-0.39, 0.29) is 17.8 Å². The van der Waals surface area contributed by atoms with E-state index >= 15 is 0 Å². The molecule has 0 radical (unpaired) electrons. The van der Waals surface area contributed by atoms with Crippen molar-refractivity contribution < 1.29 is 24.2 Å². The van der Waals surface area contributed by atoms with Crippen LogP contribution >= 0.6 is 0 Å². The molecule has 1 heterocycles. The predicted octanol–water partition coefficient (Wildman–Crippen LogP) is 0.468. The number of methoxy groups -OCH3 is 1. The third-order valence-electron chi connectivity index (χ3n) is 3.77. The van der Waals surface area contributed by atoms with Crippen molar-refractivity contribution in [2.24, 2.45) is 17.8 Å². The molecule has 0 aromatic carbocycles. The average molecular weight is 243 g/mol. The summed E-state index contributed by atoms with van der Waals surface area (Å²) in [7, 11) is 1.23. The molecule has 2 rings (SSSR count). The van der Waals surface area contributed by atoms with Gasteiger partial charge in [0.05, 0.1) is 7.11 Å². The maximum absolute atomic E-state index is 11.3. The third-order valence-corrected chi connectivity index (χ3v) is 3.77. The summed E-state index contributed by atoms with van der Waals surface area (Å²) in [4.78, 5) is 22.4. The van der Waals surface area contributed by atoms with E-state index in [0.29, 0.717) is 13.2 Å². The topological polar surface area (TPSA) is 84.9 Å². The van der Waals surface area contributed by atoms with Gasteiger partial charge in [-0.3, -0.25) is 0 Å². The fourth-order valence-electron chi connectivity index (χ4n) is 3.01. The highest BCUT2D eigenvalue weighted by Gasteiger charge is 2.47. The molecule has 3 atom stereocenters. The van der Waals surface area contributed by atoms with Gasteiger partial charge in [-0.15, -0.1) is 0 Å². The molecule has 1 saturated heterocycles. The zero-order valence-electron chi connectivity index (χ0n) is 9.72. The first-order chi connectivity index (χ1) is 8.13. The fraction of sp³-hybridized carbons (Fsp3) is 0.818. The highest BCUT2D eigenvalue weighted by molar-refractivity contribution is 5.80. The minimum Gasteiger partial charge on any atom is -0.480 e. The summed E-state index contributed by atoms with van der Waals surface area (Å²) in [5.74, 6) is -0.585. The van der Waals surface area contributed by atoms with Crippen LogP contribution in [-0.2, 0) is 14.3 Å². The van der Waals surface area contributed by atoms with E-state index in [0.717, 1.165) is 12.8 Å². The smallest absolute Gasteiger partial charge is 0.407 e. The Balaban J connectivity index is 2.10. The molecule has 3 unspecified atom stereocenters. The number of aliphatic carboxylic acids is 1. The van der Waals surface area contributed by atoms with E-state index in [2.05, 4.69) is 10.1 Å². The normalized spacial score (nSPS) is 32.9. The van der Waals surface area contributed by atoms with Gasteiger partial charge in [0.15, 0.2) is 0 Å². The summed E-state index contributed by atoms with van der Waals surface area (Å²) in [6.07, 6.45) is 1.26. The van der Waals surface area contributed by atoms with Crippen molar-refractivity contribution >= 4 is 12.1 Å². The lowest BCUT2D eigenvalue weighted by Crippen LogP contribution is -2.51. The van der Waals surface area contributed by atoms with Crippen molar-refractivity contribution in [2.75, 3.05) is 20.3 Å². The maximum Gasteiger partial charge on any atom is 0.407 e. The minimum atomic E-state index is -1.00. The molecule has 1 saturated carbocycles. The number of hydrogen-bond donors (Lipinski definition) is 2. The van der Waals surface area contributed by atoms with E-state index in [1.54, 1.807) is 0 Å². The van der Waals surface area contributed by atoms with Crippen LogP contribution in [0.25, 0.3) is 0 Å². The molecule has 6 heteroatoms. The summed E-state index contributed by atoms with van der Waals surface area (Å²) in [5.41, 5.74) is 0. The van der Waals surface area contributed by atoms with Crippen molar-refractivity contribution in [1.29, 1.82) is 0 Å². The van der Waals surface area contributed by atoms with Gasteiger partial charge in [-0.2, -0.15) is 0 Å². The first kappa shape index (κ1) is 12.2. The van der Waals surface area contributed by atoms with Gasteiger partial charge >= 0.3 is 12.1 Å². The van der Waals surface area contributed by atoms with Gasteiger partial charge in [0, 0.05) is 19.1 Å². The number of nitrogens with one attached hydrogen (secondary N) is 1. The molecular formula is C11H17NO5. The van der Waals surface area contributed by atoms with E-state index in [1.807, 2.05) is 0 Å². The molecule has 2 fully saturated rings. The van der Waals surface area contributed by atoms with Crippen LogP contribution in [0.15, 0.2) is 0 Å². The van der Waals surface area contributed by atoms with Gasteiger partial charge in [-0.05, 0) is 24.7 Å². The Bertz CT molecular complexity index is 303. The van der Waals surface area contributed by atoms with E-state index in [4.69, 9.17) is 4.74 Å². The van der Waals surface area contributed by atoms with Gasteiger partial charge in [0.1, 0.15) is 6.04 Å². The lowest BCUT2D eigenvalue weighted by Gasteiger charge is -2.34. The zero-order valence-corrected chi connectivity index (χ0v) is 9.72. The maximum atomic E-state index is 11.3. The molecule has 1 aliphatic carbocycles. The van der Waals surface area contributed by atoms with Crippen LogP contribution in [0, 0.1) is 17.8 Å². The van der Waals surface area contributed by atoms with Crippen molar-refractivity contribution in [1.82, 2.24) is 5.32 Å². The summed E-state index contributed by atoms with van der Waals surface area (Å²) in [5, 5.41) is 11.6. The van der Waals surface area contributed by atoms with Gasteiger partial charge in [-0.1, -0.05) is 0 Å². The summed E-state index contributed by atoms with van der Waals surface area (Å²) in [6, 6.07) is -0.871. The lowest BCUT2D eigenvalue weighted by atomic mass is 9.82. The Labute approximate surface area is 99.3 Å². The highest BCUT2D eigenvalue weighted by Crippen LogP contribution is 2.42. The van der Waals surface area contributed by atoms with Gasteiger partial charge in [-0.25, -0.2) is 9.59 Å². The minimum absolute atomic E-state index is 0.0413. The molecule has 1 aliphatic heterocycles. The van der Waals surface area contributed by atoms with Crippen LogP contribution in [-0.4, -0.2) is 43.5 Å². The number of rotatable bonds is 3. The Kier molecular flexibility index (Phi) is 3.51. The molecule has 96 valence electrons. The van der Waals surface area contributed by atoms with E-state index in [1.165, 1.54) is 7.11 Å². The molecule has 2 aliphatic rings. The Morgan fingerprint density at radius 3 is 2.41 bits per heavy atom. The number of carbonyl (C=O) groups is 2. The van der Waals surface area contributed by atoms with Crippen LogP contribution in [0.1, 0.15) is 12.8 Å². The number of fused-ring (bicyclic) bond motifs is 2. The van der Waals surface area contributed by atoms with E-state index < -0.39 is 18.1 Å². The lowest BCUT2D eigenvalue weighted by molar-refractivity contribution is -0.143. The first-order valence-corrected chi connectivity index (χ1v) is 5.78. The number of amides is 1. The third kappa shape index (κ3) is 2.36. The number of ether oxygens (including phenoxy) is 2. The second kappa shape index (κ2) is 4.91. The van der Waals surface area contributed by atoms with Crippen molar-refractivity contribution in [3.63, 3.8) is 0 Å². The van der Waals surface area contributed by atoms with Crippen LogP contribution in [0.2, 0.25) is 0 Å². The van der Waals surface area contributed by atoms with Crippen molar-refractivity contribution in [3.05, 3.63) is 0 Å². The molecule has 2 bridgehead atoms. The number of alkyl carbamates (subject to hydrolysis) is 1. The highest BCUT2D eigenvalue weighted by atomic mass is 16.5. The van der Waals surface area contributed by atoms with Crippen LogP contribution in [0.4, 0.5) is 4.79 Å². The average Bonchev–Trinajstić information content (AvgIpc) is 2.55. The van der Waals surface area contributed by atoms with Gasteiger partial charge < -0.3 is 19.9 Å². The van der Waals surface area contributed by atoms with Crippen LogP contribution < -0.4 is 5.32 Å². The number of hydrogen-bond acceptors (Lipinski definition) is 4. The molecule has 6 nitrogen and oxygen atoms in total. The largest absolute Gasteiger partial charge is 0.480 e. The van der Waals surface area contributed by atoms with Crippen LogP contribution in [0.3, 0.4) is 0 Å². The van der Waals surface area contributed by atoms with Crippen LogP contribution in [0.5, 0.6) is 0 Å². The second-order valence-electron chi connectivity index (χ2n) is 4.66. The van der Waals surface area contributed by atoms with Gasteiger partial charge in [0.2, 0.25) is 0 Å². The molecule has 2 N–H and O–H groups in total. The molecular weight excluding hydrogens is 226 g/mol. The summed E-state index contributed by atoms with van der Waals surface area (Å²) >= 11 is 0. The summed E-state index contributed by atoms with van der Waals surface area (Å²) in [6.45, 7) is 1.18. The molecule has 1 amide bonds. The number of carbonyl (C=O) groups excluding carboxylic acids is 1.